The molecule has 0 aliphatic rings. The molecule has 4 nitrogen and oxygen atoms in total. The van der Waals surface area contributed by atoms with Crippen molar-refractivity contribution in [3.8, 4) is 0 Å². The third kappa shape index (κ3) is 3.96. The summed E-state index contributed by atoms with van der Waals surface area (Å²) in [5.41, 5.74) is 0. The third-order valence-corrected chi connectivity index (χ3v) is 7.54. The first kappa shape index (κ1) is 17.0. The summed E-state index contributed by atoms with van der Waals surface area (Å²) in [6.07, 6.45) is 4.23. The molecule has 0 aliphatic heterocycles. The number of nitrogens with zero attached hydrogens (tertiary/aromatic N) is 2. The van der Waals surface area contributed by atoms with Crippen LogP contribution in [0, 0.1) is 0 Å². The Hall–Kier alpha value is -1.88. The first-order valence-electron chi connectivity index (χ1n) is 7.67. The number of aryl methyl sites for hydroxylation is 1. The van der Waals surface area contributed by atoms with Crippen LogP contribution in [-0.4, -0.2) is 32.9 Å². The van der Waals surface area contributed by atoms with Crippen molar-refractivity contribution in [3.05, 3.63) is 73.1 Å². The summed E-state index contributed by atoms with van der Waals surface area (Å²) in [5.74, 6) is 0. The molecule has 0 atom stereocenters. The van der Waals surface area contributed by atoms with Gasteiger partial charge in [0.2, 0.25) is 0 Å². The average molecular weight is 405 g/mol. The molecule has 0 amide bonds. The average Bonchev–Trinajstić information content (AvgIpc) is 3.10. The van der Waals surface area contributed by atoms with Crippen LogP contribution in [0.4, 0.5) is 0 Å². The first-order valence-corrected chi connectivity index (χ1v) is 11.2. The van der Waals surface area contributed by atoms with Crippen molar-refractivity contribution in [2.45, 2.75) is 28.3 Å². The number of rotatable bonds is 7. The van der Waals surface area contributed by atoms with Crippen LogP contribution in [0.15, 0.2) is 83.1 Å². The van der Waals surface area contributed by atoms with E-state index in [0.29, 0.717) is 21.5 Å². The fourth-order valence-corrected chi connectivity index (χ4v) is 5.54. The van der Waals surface area contributed by atoms with Crippen LogP contribution in [0.25, 0.3) is 0 Å². The van der Waals surface area contributed by atoms with Crippen LogP contribution in [0.2, 0.25) is 5.32 Å². The van der Waals surface area contributed by atoms with Crippen molar-refractivity contribution in [2.24, 2.45) is 0 Å². The molecule has 0 saturated heterocycles. The molecule has 3 rings (SSSR count). The van der Waals surface area contributed by atoms with Crippen LogP contribution >= 0.6 is 0 Å². The van der Waals surface area contributed by atoms with Gasteiger partial charge >= 0.3 is 149 Å². The van der Waals surface area contributed by atoms with Crippen LogP contribution < -0.4 is 4.46 Å². The number of imidazole rings is 1. The summed E-state index contributed by atoms with van der Waals surface area (Å²) < 4.78 is 28.5. The van der Waals surface area contributed by atoms with Crippen LogP contribution in [0.3, 0.4) is 0 Å². The zero-order chi connectivity index (χ0) is 16.8. The molecule has 0 bridgehead atoms. The molecule has 0 saturated carbocycles. The van der Waals surface area contributed by atoms with E-state index in [0.717, 1.165) is 11.7 Å². The van der Waals surface area contributed by atoms with Crippen molar-refractivity contribution in [2.75, 3.05) is 0 Å². The minimum atomic E-state index is -3.56. The van der Waals surface area contributed by atoms with Gasteiger partial charge in [0, 0.05) is 0 Å². The minimum absolute atomic E-state index is 0.126. The number of benzene rings is 2. The van der Waals surface area contributed by atoms with Gasteiger partial charge in [-0.2, -0.15) is 0 Å². The zero-order valence-electron chi connectivity index (χ0n) is 13.1. The van der Waals surface area contributed by atoms with Crippen molar-refractivity contribution in [3.63, 3.8) is 0 Å². The Kier molecular flexibility index (Phi) is 5.51. The predicted molar refractivity (Wildman–Crippen MR) is 95.4 cm³/mol. The molecule has 3 aromatic rings. The van der Waals surface area contributed by atoms with Gasteiger partial charge in [0.05, 0.1) is 0 Å². The van der Waals surface area contributed by atoms with E-state index in [4.69, 9.17) is 0 Å². The van der Waals surface area contributed by atoms with Gasteiger partial charge in [-0.15, -0.1) is 0 Å². The molecule has 6 heteroatoms. The SMILES string of the molecule is O=S(=O)(c1ccccc1)c1nccn1CCC[Se]c1ccccc1. The standard InChI is InChI=1S/C18H18N2O2SSe/c21-23(22,16-8-3-1-4-9-16)18-19-12-14-20(18)13-7-15-24-17-10-5-2-6-11-17/h1-6,8-12,14H,7,13,15H2. The molecule has 0 radical (unpaired) electrons. The molecule has 1 aromatic heterocycles. The number of hydrogen-bond acceptors (Lipinski definition) is 3. The van der Waals surface area contributed by atoms with E-state index in [-0.39, 0.29) is 10.1 Å². The Balaban J connectivity index is 1.65. The van der Waals surface area contributed by atoms with Gasteiger partial charge < -0.3 is 0 Å². The normalized spacial score (nSPS) is 11.5. The van der Waals surface area contributed by atoms with Gasteiger partial charge in [0.25, 0.3) is 0 Å². The van der Waals surface area contributed by atoms with E-state index in [1.807, 2.05) is 6.07 Å². The predicted octanol–water partition coefficient (Wildman–Crippen LogP) is 2.55. The van der Waals surface area contributed by atoms with Crippen LogP contribution in [-0.2, 0) is 16.4 Å². The fraction of sp³-hybridized carbons (Fsp3) is 0.167. The molecule has 1 heterocycles. The van der Waals surface area contributed by atoms with Gasteiger partial charge in [-0.3, -0.25) is 0 Å². The monoisotopic (exact) mass is 406 g/mol. The quantitative estimate of drug-likeness (QED) is 0.449. The number of hydrogen-bond donors (Lipinski definition) is 0. The van der Waals surface area contributed by atoms with Crippen molar-refractivity contribution < 1.29 is 8.42 Å². The van der Waals surface area contributed by atoms with Crippen LogP contribution in [0.1, 0.15) is 6.42 Å². The van der Waals surface area contributed by atoms with E-state index < -0.39 is 9.84 Å². The Morgan fingerprint density at radius 1 is 0.958 bits per heavy atom. The molecule has 2 aromatic carbocycles. The third-order valence-electron chi connectivity index (χ3n) is 3.53. The molecule has 124 valence electrons. The number of aromatic nitrogens is 2. The van der Waals surface area contributed by atoms with Gasteiger partial charge in [-0.05, 0) is 0 Å². The summed E-state index contributed by atoms with van der Waals surface area (Å²) in [6.45, 7) is 0.663. The second-order valence-corrected chi connectivity index (χ2v) is 9.53. The molecule has 0 spiro atoms. The Bertz CT molecular complexity index is 878. The second-order valence-electron chi connectivity index (χ2n) is 5.23. The molecular weight excluding hydrogens is 387 g/mol. The van der Waals surface area contributed by atoms with E-state index in [1.54, 1.807) is 47.3 Å². The molecule has 0 aliphatic carbocycles. The van der Waals surface area contributed by atoms with Gasteiger partial charge in [-0.1, -0.05) is 0 Å². The molecule has 0 fully saturated rings. The Labute approximate surface area is 148 Å². The number of sulfone groups is 1. The Morgan fingerprint density at radius 3 is 2.33 bits per heavy atom. The molecule has 0 N–H and O–H groups in total. The van der Waals surface area contributed by atoms with Crippen LogP contribution in [0.5, 0.6) is 0 Å². The summed E-state index contributed by atoms with van der Waals surface area (Å²) in [7, 11) is -3.56. The zero-order valence-corrected chi connectivity index (χ0v) is 15.6. The van der Waals surface area contributed by atoms with Gasteiger partial charge in [0.1, 0.15) is 0 Å². The van der Waals surface area contributed by atoms with E-state index in [9.17, 15) is 8.42 Å². The first-order chi connectivity index (χ1) is 11.7. The Morgan fingerprint density at radius 2 is 1.62 bits per heavy atom. The summed E-state index contributed by atoms with van der Waals surface area (Å²) in [6, 6.07) is 18.9. The van der Waals surface area contributed by atoms with Crippen molar-refractivity contribution in [1.82, 2.24) is 9.55 Å². The molecule has 24 heavy (non-hydrogen) atoms. The summed E-state index contributed by atoms with van der Waals surface area (Å²) in [4.78, 5) is 4.36. The van der Waals surface area contributed by atoms with Gasteiger partial charge in [0.15, 0.2) is 0 Å². The van der Waals surface area contributed by atoms with Gasteiger partial charge in [-0.25, -0.2) is 0 Å². The maximum absolute atomic E-state index is 12.7. The second kappa shape index (κ2) is 7.79. The summed E-state index contributed by atoms with van der Waals surface area (Å²) in [5, 5.41) is 1.20. The van der Waals surface area contributed by atoms with Crippen molar-refractivity contribution in [1.29, 1.82) is 0 Å². The van der Waals surface area contributed by atoms with E-state index >= 15 is 0 Å². The summed E-state index contributed by atoms with van der Waals surface area (Å²) >= 11 is 0.417. The maximum atomic E-state index is 12.7. The topological polar surface area (TPSA) is 52.0 Å². The molecular formula is C18H18N2O2SSe. The van der Waals surface area contributed by atoms with E-state index in [1.165, 1.54) is 4.46 Å². The fourth-order valence-electron chi connectivity index (χ4n) is 2.36. The molecule has 0 unspecified atom stereocenters. The van der Waals surface area contributed by atoms with Crippen molar-refractivity contribution >= 4 is 29.3 Å². The van der Waals surface area contributed by atoms with E-state index in [2.05, 4.69) is 29.2 Å².